The fourth-order valence-electron chi connectivity index (χ4n) is 2.73. The molecule has 0 aromatic carbocycles. The predicted molar refractivity (Wildman–Crippen MR) is 69.6 cm³/mol. The number of pyridine rings is 1. The molecule has 1 fully saturated rings. The van der Waals surface area contributed by atoms with Crippen LogP contribution in [0.4, 0.5) is 5.82 Å². The number of hydrogen-bond donors (Lipinski definition) is 2. The summed E-state index contributed by atoms with van der Waals surface area (Å²) in [6.45, 7) is 0. The zero-order valence-corrected chi connectivity index (χ0v) is 10.3. The minimum atomic E-state index is -0.227. The van der Waals surface area contributed by atoms with Crippen LogP contribution in [0.2, 0.25) is 0 Å². The first kappa shape index (κ1) is 12.4. The van der Waals surface area contributed by atoms with E-state index in [1.807, 2.05) is 12.1 Å². The van der Waals surface area contributed by atoms with Gasteiger partial charge in [0.2, 0.25) is 0 Å². The fourth-order valence-corrected chi connectivity index (χ4v) is 2.73. The van der Waals surface area contributed by atoms with Gasteiger partial charge in [0, 0.05) is 6.20 Å². The highest BCUT2D eigenvalue weighted by Crippen LogP contribution is 2.27. The number of nitrogens with two attached hydrogens (primary N) is 1. The van der Waals surface area contributed by atoms with Crippen molar-refractivity contribution in [3.8, 4) is 0 Å². The van der Waals surface area contributed by atoms with Gasteiger partial charge in [0.25, 0.3) is 0 Å². The lowest BCUT2D eigenvalue weighted by atomic mass is 9.90. The number of nitrogens with zero attached hydrogens (tertiary/aromatic N) is 1. The van der Waals surface area contributed by atoms with E-state index in [2.05, 4.69) is 4.98 Å². The van der Waals surface area contributed by atoms with E-state index in [0.29, 0.717) is 18.2 Å². The predicted octanol–water partition coefficient (Wildman–Crippen LogP) is 2.54. The molecule has 3 N–H and O–H groups in total. The topological polar surface area (TPSA) is 59.1 Å². The molecule has 1 aliphatic carbocycles. The van der Waals surface area contributed by atoms with E-state index in [4.69, 9.17) is 5.73 Å². The molecule has 0 spiro atoms. The summed E-state index contributed by atoms with van der Waals surface area (Å²) in [6, 6.07) is 3.80. The molecule has 1 saturated carbocycles. The smallest absolute Gasteiger partial charge is 0.123 e. The van der Waals surface area contributed by atoms with E-state index < -0.39 is 0 Å². The van der Waals surface area contributed by atoms with E-state index in [-0.39, 0.29) is 6.10 Å². The second-order valence-corrected chi connectivity index (χ2v) is 5.11. The molecule has 94 valence electrons. The number of nitrogen functional groups attached to an aromatic ring is 1. The maximum Gasteiger partial charge on any atom is 0.123 e. The quantitative estimate of drug-likeness (QED) is 0.790. The average molecular weight is 234 g/mol. The van der Waals surface area contributed by atoms with Crippen molar-refractivity contribution < 1.29 is 5.11 Å². The second-order valence-electron chi connectivity index (χ2n) is 5.11. The highest BCUT2D eigenvalue weighted by atomic mass is 16.3. The molecule has 1 atom stereocenters. The number of aliphatic hydroxyl groups excluding tert-OH is 1. The molecule has 3 heteroatoms. The summed E-state index contributed by atoms with van der Waals surface area (Å²) in [7, 11) is 0. The average Bonchev–Trinajstić information content (AvgIpc) is 2.57. The van der Waals surface area contributed by atoms with E-state index in [1.54, 1.807) is 6.20 Å². The van der Waals surface area contributed by atoms with E-state index in [1.165, 1.54) is 38.5 Å². The van der Waals surface area contributed by atoms with Gasteiger partial charge in [-0.1, -0.05) is 25.7 Å². The molecule has 1 unspecified atom stereocenters. The molecule has 1 aliphatic rings. The summed E-state index contributed by atoms with van der Waals surface area (Å²) in [5.74, 6) is 1.00. The third-order valence-corrected chi connectivity index (χ3v) is 3.73. The lowest BCUT2D eigenvalue weighted by molar-refractivity contribution is 0.0986. The van der Waals surface area contributed by atoms with E-state index in [0.717, 1.165) is 5.56 Å². The summed E-state index contributed by atoms with van der Waals surface area (Å²) in [6.07, 6.45) is 9.71. The van der Waals surface area contributed by atoms with Gasteiger partial charge in [0.1, 0.15) is 5.82 Å². The van der Waals surface area contributed by atoms with Gasteiger partial charge in [-0.3, -0.25) is 0 Å². The lowest BCUT2D eigenvalue weighted by Gasteiger charge is -2.21. The third kappa shape index (κ3) is 3.70. The normalized spacial score (nSPS) is 19.8. The molecule has 0 radical (unpaired) electrons. The van der Waals surface area contributed by atoms with Gasteiger partial charge in [-0.25, -0.2) is 4.98 Å². The van der Waals surface area contributed by atoms with Crippen LogP contribution in [0.15, 0.2) is 18.3 Å². The molecular weight excluding hydrogens is 212 g/mol. The Kier molecular flexibility index (Phi) is 4.37. The minimum absolute atomic E-state index is 0.227. The molecule has 1 heterocycles. The van der Waals surface area contributed by atoms with E-state index in [9.17, 15) is 5.11 Å². The van der Waals surface area contributed by atoms with Crippen molar-refractivity contribution in [2.24, 2.45) is 5.92 Å². The van der Waals surface area contributed by atoms with Crippen molar-refractivity contribution in [2.75, 3.05) is 5.73 Å². The second kappa shape index (κ2) is 6.01. The van der Waals surface area contributed by atoms with Crippen LogP contribution in [0.25, 0.3) is 0 Å². The van der Waals surface area contributed by atoms with Gasteiger partial charge in [0.05, 0.1) is 6.10 Å². The van der Waals surface area contributed by atoms with Gasteiger partial charge < -0.3 is 10.8 Å². The Morgan fingerprint density at radius 3 is 2.65 bits per heavy atom. The van der Waals surface area contributed by atoms with Crippen LogP contribution in [0, 0.1) is 5.92 Å². The van der Waals surface area contributed by atoms with Gasteiger partial charge in [-0.2, -0.15) is 0 Å². The van der Waals surface area contributed by atoms with Gasteiger partial charge in [-0.15, -0.1) is 0 Å². The zero-order chi connectivity index (χ0) is 12.1. The van der Waals surface area contributed by atoms with Gasteiger partial charge in [-0.05, 0) is 42.9 Å². The van der Waals surface area contributed by atoms with Crippen molar-refractivity contribution >= 4 is 5.82 Å². The summed E-state index contributed by atoms with van der Waals surface area (Å²) < 4.78 is 0. The number of aromatic nitrogens is 1. The molecule has 17 heavy (non-hydrogen) atoms. The van der Waals surface area contributed by atoms with Crippen molar-refractivity contribution in [3.05, 3.63) is 23.9 Å². The Morgan fingerprint density at radius 2 is 2.00 bits per heavy atom. The van der Waals surface area contributed by atoms with Gasteiger partial charge in [0.15, 0.2) is 0 Å². The molecule has 2 rings (SSSR count). The molecular formula is C14H22N2O. The summed E-state index contributed by atoms with van der Waals surface area (Å²) in [5, 5.41) is 10.3. The Labute approximate surface area is 103 Å². The van der Waals surface area contributed by atoms with Crippen LogP contribution in [0.3, 0.4) is 0 Å². The van der Waals surface area contributed by atoms with Crippen molar-refractivity contribution in [3.63, 3.8) is 0 Å². The number of rotatable bonds is 3. The van der Waals surface area contributed by atoms with Crippen molar-refractivity contribution in [1.29, 1.82) is 0 Å². The highest BCUT2D eigenvalue weighted by Gasteiger charge is 2.20. The van der Waals surface area contributed by atoms with Crippen LogP contribution >= 0.6 is 0 Å². The molecule has 1 aromatic heterocycles. The third-order valence-electron chi connectivity index (χ3n) is 3.73. The Morgan fingerprint density at radius 1 is 1.29 bits per heavy atom. The monoisotopic (exact) mass is 234 g/mol. The number of anilines is 1. The zero-order valence-electron chi connectivity index (χ0n) is 10.3. The first-order valence-electron chi connectivity index (χ1n) is 6.64. The fraction of sp³-hybridized carbons (Fsp3) is 0.643. The first-order valence-corrected chi connectivity index (χ1v) is 6.64. The summed E-state index contributed by atoms with van der Waals surface area (Å²) in [5.41, 5.74) is 6.74. The maximum absolute atomic E-state index is 10.3. The number of aliphatic hydroxyl groups is 1. The molecule has 0 aliphatic heterocycles. The van der Waals surface area contributed by atoms with Crippen LogP contribution in [-0.4, -0.2) is 16.2 Å². The number of hydrogen-bond acceptors (Lipinski definition) is 3. The van der Waals surface area contributed by atoms with Crippen LogP contribution in [0.1, 0.15) is 44.1 Å². The molecule has 0 bridgehead atoms. The van der Waals surface area contributed by atoms with Crippen molar-refractivity contribution in [2.45, 2.75) is 51.0 Å². The molecule has 1 aromatic rings. The standard InChI is InChI=1S/C14H22N2O/c15-14-10-11(7-8-16-14)9-13(17)12-5-3-1-2-4-6-12/h7-8,10,12-13,17H,1-6,9H2,(H2,15,16). The highest BCUT2D eigenvalue weighted by molar-refractivity contribution is 5.32. The first-order chi connectivity index (χ1) is 8.25. The Hall–Kier alpha value is -1.09. The Bertz CT molecular complexity index is 346. The largest absolute Gasteiger partial charge is 0.392 e. The Balaban J connectivity index is 1.93. The van der Waals surface area contributed by atoms with Crippen LogP contribution < -0.4 is 5.73 Å². The van der Waals surface area contributed by atoms with Crippen molar-refractivity contribution in [1.82, 2.24) is 4.98 Å². The van der Waals surface area contributed by atoms with Gasteiger partial charge >= 0.3 is 0 Å². The summed E-state index contributed by atoms with van der Waals surface area (Å²) >= 11 is 0. The maximum atomic E-state index is 10.3. The lowest BCUT2D eigenvalue weighted by Crippen LogP contribution is -2.22. The SMILES string of the molecule is Nc1cc(CC(O)C2CCCCCC2)ccn1. The molecule has 3 nitrogen and oxygen atoms in total. The van der Waals surface area contributed by atoms with Crippen LogP contribution in [-0.2, 0) is 6.42 Å². The van der Waals surface area contributed by atoms with Crippen LogP contribution in [0.5, 0.6) is 0 Å². The summed E-state index contributed by atoms with van der Waals surface area (Å²) in [4.78, 5) is 3.97. The molecule has 0 saturated heterocycles. The minimum Gasteiger partial charge on any atom is -0.392 e. The molecule has 0 amide bonds. The van der Waals surface area contributed by atoms with E-state index >= 15 is 0 Å².